The Morgan fingerprint density at radius 2 is 1.71 bits per heavy atom. The van der Waals surface area contributed by atoms with Gasteiger partial charge in [-0.15, -0.1) is 0 Å². The first-order chi connectivity index (χ1) is 8.38. The van der Waals surface area contributed by atoms with Crippen molar-refractivity contribution in [1.82, 2.24) is 0 Å². The van der Waals surface area contributed by atoms with E-state index in [1.807, 2.05) is 0 Å². The normalized spacial score (nSPS) is 23.4. The highest BCUT2D eigenvalue weighted by Gasteiger charge is 2.35. The maximum atomic E-state index is 6.08. The van der Waals surface area contributed by atoms with Gasteiger partial charge in [-0.2, -0.15) is 0 Å². The lowest BCUT2D eigenvalue weighted by molar-refractivity contribution is -0.0590. The molecule has 1 nitrogen and oxygen atoms in total. The van der Waals surface area contributed by atoms with Crippen LogP contribution in [0.4, 0.5) is 0 Å². The van der Waals surface area contributed by atoms with Crippen LogP contribution in [0.1, 0.15) is 44.1 Å². The van der Waals surface area contributed by atoms with E-state index in [1.165, 1.54) is 43.2 Å². The first-order valence-corrected chi connectivity index (χ1v) is 6.76. The molecule has 1 heterocycles. The van der Waals surface area contributed by atoms with Gasteiger partial charge in [0.05, 0.1) is 12.2 Å². The number of ether oxygens (including phenoxy) is 1. The second-order valence-electron chi connectivity index (χ2n) is 5.33. The van der Waals surface area contributed by atoms with Crippen molar-refractivity contribution in [3.8, 4) is 0 Å². The molecule has 0 unspecified atom stereocenters. The maximum Gasteiger partial charge on any atom is 0.0727 e. The van der Waals surface area contributed by atoms with Crippen LogP contribution >= 0.6 is 0 Å². The van der Waals surface area contributed by atoms with Crippen molar-refractivity contribution >= 4 is 5.57 Å². The van der Waals surface area contributed by atoms with Crippen LogP contribution in [-0.2, 0) is 4.74 Å². The van der Waals surface area contributed by atoms with Gasteiger partial charge in [-0.1, -0.05) is 55.7 Å². The SMILES string of the molecule is C1=C(c2ccccc2)CC2(CCCCC2)OC1. The Morgan fingerprint density at radius 1 is 0.941 bits per heavy atom. The molecule has 90 valence electrons. The van der Waals surface area contributed by atoms with Crippen molar-refractivity contribution in [3.63, 3.8) is 0 Å². The van der Waals surface area contributed by atoms with Gasteiger partial charge in [0, 0.05) is 6.42 Å². The van der Waals surface area contributed by atoms with Crippen LogP contribution < -0.4 is 0 Å². The predicted molar refractivity (Wildman–Crippen MR) is 70.8 cm³/mol. The molecule has 0 radical (unpaired) electrons. The molecule has 1 fully saturated rings. The molecule has 1 aromatic carbocycles. The summed E-state index contributed by atoms with van der Waals surface area (Å²) in [5.41, 5.74) is 3.03. The first-order valence-electron chi connectivity index (χ1n) is 6.76. The van der Waals surface area contributed by atoms with Crippen molar-refractivity contribution in [3.05, 3.63) is 42.0 Å². The first kappa shape index (κ1) is 11.0. The van der Waals surface area contributed by atoms with E-state index in [4.69, 9.17) is 4.74 Å². The van der Waals surface area contributed by atoms with E-state index in [9.17, 15) is 0 Å². The monoisotopic (exact) mass is 228 g/mol. The molecule has 0 atom stereocenters. The summed E-state index contributed by atoms with van der Waals surface area (Å²) in [5, 5.41) is 0. The zero-order chi connectivity index (χ0) is 11.6. The molecule has 1 aliphatic heterocycles. The summed E-state index contributed by atoms with van der Waals surface area (Å²) in [6, 6.07) is 10.8. The molecule has 2 aliphatic rings. The van der Waals surface area contributed by atoms with Gasteiger partial charge in [-0.3, -0.25) is 0 Å². The fourth-order valence-electron chi connectivity index (χ4n) is 3.18. The largest absolute Gasteiger partial charge is 0.371 e. The van der Waals surface area contributed by atoms with E-state index < -0.39 is 0 Å². The molecule has 1 spiro atoms. The molecule has 17 heavy (non-hydrogen) atoms. The van der Waals surface area contributed by atoms with Crippen LogP contribution in [-0.4, -0.2) is 12.2 Å². The molecular formula is C16H20O. The molecule has 0 bridgehead atoms. The highest BCUT2D eigenvalue weighted by molar-refractivity contribution is 5.67. The Bertz CT molecular complexity index is 399. The summed E-state index contributed by atoms with van der Waals surface area (Å²) in [6.45, 7) is 0.796. The van der Waals surface area contributed by atoms with Crippen LogP contribution in [0.5, 0.6) is 0 Å². The summed E-state index contributed by atoms with van der Waals surface area (Å²) in [5.74, 6) is 0. The summed E-state index contributed by atoms with van der Waals surface area (Å²) >= 11 is 0. The van der Waals surface area contributed by atoms with Crippen molar-refractivity contribution in [2.24, 2.45) is 0 Å². The number of benzene rings is 1. The minimum atomic E-state index is 0.165. The van der Waals surface area contributed by atoms with Gasteiger partial charge in [0.25, 0.3) is 0 Å². The molecule has 0 aromatic heterocycles. The summed E-state index contributed by atoms with van der Waals surface area (Å²) < 4.78 is 6.08. The Labute approximate surface area is 103 Å². The second-order valence-corrected chi connectivity index (χ2v) is 5.33. The van der Waals surface area contributed by atoms with E-state index in [1.54, 1.807) is 0 Å². The molecule has 1 saturated carbocycles. The lowest BCUT2D eigenvalue weighted by Crippen LogP contribution is -2.37. The molecule has 3 rings (SSSR count). The Hall–Kier alpha value is -1.08. The Balaban J connectivity index is 1.81. The van der Waals surface area contributed by atoms with Gasteiger partial charge >= 0.3 is 0 Å². The Kier molecular flexibility index (Phi) is 3.02. The number of hydrogen-bond acceptors (Lipinski definition) is 1. The van der Waals surface area contributed by atoms with Gasteiger partial charge < -0.3 is 4.74 Å². The highest BCUT2D eigenvalue weighted by Crippen LogP contribution is 2.41. The lowest BCUT2D eigenvalue weighted by Gasteiger charge is -2.40. The average molecular weight is 228 g/mol. The summed E-state index contributed by atoms with van der Waals surface area (Å²) in [7, 11) is 0. The van der Waals surface area contributed by atoms with Crippen LogP contribution in [0, 0.1) is 0 Å². The van der Waals surface area contributed by atoms with Gasteiger partial charge in [0.15, 0.2) is 0 Å². The minimum absolute atomic E-state index is 0.165. The van der Waals surface area contributed by atoms with Crippen LogP contribution in [0.15, 0.2) is 36.4 Å². The van der Waals surface area contributed by atoms with Crippen LogP contribution in [0.25, 0.3) is 5.57 Å². The fourth-order valence-corrected chi connectivity index (χ4v) is 3.18. The van der Waals surface area contributed by atoms with Crippen molar-refractivity contribution in [1.29, 1.82) is 0 Å². The van der Waals surface area contributed by atoms with Crippen molar-refractivity contribution in [2.75, 3.05) is 6.61 Å². The second kappa shape index (κ2) is 4.66. The van der Waals surface area contributed by atoms with Crippen LogP contribution in [0.2, 0.25) is 0 Å². The molecule has 0 N–H and O–H groups in total. The van der Waals surface area contributed by atoms with Crippen molar-refractivity contribution in [2.45, 2.75) is 44.1 Å². The van der Waals surface area contributed by atoms with Gasteiger partial charge in [0.1, 0.15) is 0 Å². The third kappa shape index (κ3) is 2.30. The number of hydrogen-bond donors (Lipinski definition) is 0. The van der Waals surface area contributed by atoms with E-state index in [-0.39, 0.29) is 5.60 Å². The predicted octanol–water partition coefficient (Wildman–Crippen LogP) is 4.19. The maximum absolute atomic E-state index is 6.08. The van der Waals surface area contributed by atoms with Gasteiger partial charge in [-0.05, 0) is 24.0 Å². The molecular weight excluding hydrogens is 208 g/mol. The van der Waals surface area contributed by atoms with Crippen molar-refractivity contribution < 1.29 is 4.74 Å². The third-order valence-corrected chi connectivity index (χ3v) is 4.14. The quantitative estimate of drug-likeness (QED) is 0.700. The van der Waals surface area contributed by atoms with Gasteiger partial charge in [0.2, 0.25) is 0 Å². The standard InChI is InChI=1S/C16H20O/c1-3-7-14(8-4-1)15-9-12-17-16(13-15)10-5-2-6-11-16/h1,3-4,7-9H,2,5-6,10-13H2. The van der Waals surface area contributed by atoms with Gasteiger partial charge in [-0.25, -0.2) is 0 Å². The smallest absolute Gasteiger partial charge is 0.0727 e. The Morgan fingerprint density at radius 3 is 2.47 bits per heavy atom. The zero-order valence-corrected chi connectivity index (χ0v) is 10.3. The molecule has 1 heteroatoms. The van der Waals surface area contributed by atoms with E-state index in [2.05, 4.69) is 36.4 Å². The zero-order valence-electron chi connectivity index (χ0n) is 10.3. The average Bonchev–Trinajstić information content (AvgIpc) is 2.41. The van der Waals surface area contributed by atoms with E-state index in [0.29, 0.717) is 0 Å². The molecule has 0 amide bonds. The topological polar surface area (TPSA) is 9.23 Å². The fraction of sp³-hybridized carbons (Fsp3) is 0.500. The molecule has 1 aromatic rings. The lowest BCUT2D eigenvalue weighted by atomic mass is 9.78. The van der Waals surface area contributed by atoms with E-state index >= 15 is 0 Å². The van der Waals surface area contributed by atoms with Crippen LogP contribution in [0.3, 0.4) is 0 Å². The molecule has 0 saturated heterocycles. The summed E-state index contributed by atoms with van der Waals surface area (Å²) in [4.78, 5) is 0. The third-order valence-electron chi connectivity index (χ3n) is 4.14. The minimum Gasteiger partial charge on any atom is -0.371 e. The molecule has 1 aliphatic carbocycles. The number of rotatable bonds is 1. The summed E-state index contributed by atoms with van der Waals surface area (Å²) in [6.07, 6.45) is 9.92. The van der Waals surface area contributed by atoms with E-state index in [0.717, 1.165) is 13.0 Å². The highest BCUT2D eigenvalue weighted by atomic mass is 16.5.